The number of hydrogen-bond acceptors (Lipinski definition) is 6. The summed E-state index contributed by atoms with van der Waals surface area (Å²) in [5, 5.41) is 4.74. The Morgan fingerprint density at radius 3 is 1.86 bits per heavy atom. The molecule has 0 amide bonds. The van der Waals surface area contributed by atoms with Crippen molar-refractivity contribution in [1.29, 1.82) is 0 Å². The molecule has 250 valence electrons. The Labute approximate surface area is 299 Å². The Morgan fingerprint density at radius 1 is 0.720 bits per heavy atom. The summed E-state index contributed by atoms with van der Waals surface area (Å²) in [6.07, 6.45) is 2.82. The first-order chi connectivity index (χ1) is 24.7. The highest BCUT2D eigenvalue weighted by molar-refractivity contribution is 8.00. The van der Waals surface area contributed by atoms with E-state index in [4.69, 9.17) is 9.57 Å². The summed E-state index contributed by atoms with van der Waals surface area (Å²) in [5.41, 5.74) is 8.53. The number of nitrogens with zero attached hydrogens (tertiary/aromatic N) is 3. The fourth-order valence-corrected chi connectivity index (χ4v) is 8.04. The Kier molecular flexibility index (Phi) is 10.7. The third-order valence-electron chi connectivity index (χ3n) is 9.22. The predicted molar refractivity (Wildman–Crippen MR) is 206 cm³/mol. The second kappa shape index (κ2) is 16.0. The number of benzene rings is 5. The number of thioether (sulfide) groups is 1. The second-order valence-electron chi connectivity index (χ2n) is 12.5. The fraction of sp³-hybridized carbons (Fsp3) is 0.182. The van der Waals surface area contributed by atoms with Gasteiger partial charge in [-0.25, -0.2) is 0 Å². The number of ether oxygens (including phenoxy) is 1. The molecule has 0 N–H and O–H groups in total. The van der Waals surface area contributed by atoms with Crippen molar-refractivity contribution in [3.63, 3.8) is 0 Å². The fourth-order valence-electron chi connectivity index (χ4n) is 6.75. The first kappa shape index (κ1) is 33.3. The van der Waals surface area contributed by atoms with Gasteiger partial charge in [0.2, 0.25) is 0 Å². The third kappa shape index (κ3) is 7.52. The number of rotatable bonds is 13. The van der Waals surface area contributed by atoms with E-state index in [0.717, 1.165) is 47.1 Å². The molecule has 0 bridgehead atoms. The number of oxime groups is 1. The number of aromatic nitrogens is 1. The van der Waals surface area contributed by atoms with Crippen LogP contribution in [0.3, 0.4) is 0 Å². The van der Waals surface area contributed by atoms with Crippen LogP contribution in [0, 0.1) is 0 Å². The van der Waals surface area contributed by atoms with Gasteiger partial charge < -0.3 is 9.57 Å². The van der Waals surface area contributed by atoms with Crippen molar-refractivity contribution in [3.8, 4) is 17.0 Å². The normalized spacial score (nSPS) is 15.1. The molecule has 1 aliphatic rings. The van der Waals surface area contributed by atoms with Gasteiger partial charge in [-0.15, -0.1) is 11.8 Å². The van der Waals surface area contributed by atoms with Gasteiger partial charge in [0.1, 0.15) is 12.4 Å². The molecule has 1 aromatic heterocycles. The summed E-state index contributed by atoms with van der Waals surface area (Å²) in [6.45, 7) is 3.67. The minimum Gasteiger partial charge on any atom is -0.490 e. The molecule has 7 rings (SSSR count). The Balaban J connectivity index is 0.947. The standard InChI is InChI=1S/C44H41N3O2S/c1-34(37-24-27-43(45-31-37)36-14-6-2-7-15-36)46-49-29-28-48-41-25-22-35(23-26-41)30-42-32-47(33-50-42)44(38-16-8-3-9-17-38,39-18-10-4-11-19-39)40-20-12-5-13-21-40/h2-27,31,42H,28-30,32-33H2,1H3. The van der Waals surface area contributed by atoms with Crippen LogP contribution in [-0.2, 0) is 16.8 Å². The largest absolute Gasteiger partial charge is 0.490 e. The molecule has 50 heavy (non-hydrogen) atoms. The van der Waals surface area contributed by atoms with E-state index < -0.39 is 0 Å². The zero-order valence-corrected chi connectivity index (χ0v) is 29.1. The van der Waals surface area contributed by atoms with Crippen molar-refractivity contribution in [1.82, 2.24) is 9.88 Å². The summed E-state index contributed by atoms with van der Waals surface area (Å²) in [4.78, 5) is 12.8. The summed E-state index contributed by atoms with van der Waals surface area (Å²) in [7, 11) is 0. The van der Waals surface area contributed by atoms with Crippen molar-refractivity contribution in [3.05, 3.63) is 192 Å². The summed E-state index contributed by atoms with van der Waals surface area (Å²) >= 11 is 2.04. The van der Waals surface area contributed by atoms with Crippen LogP contribution in [0.25, 0.3) is 11.3 Å². The Morgan fingerprint density at radius 2 is 1.30 bits per heavy atom. The third-order valence-corrected chi connectivity index (χ3v) is 10.5. The average molecular weight is 676 g/mol. The molecule has 5 aromatic carbocycles. The van der Waals surface area contributed by atoms with Crippen molar-refractivity contribution < 1.29 is 9.57 Å². The Hall–Kier alpha value is -5.17. The lowest BCUT2D eigenvalue weighted by Gasteiger charge is -2.43. The van der Waals surface area contributed by atoms with Crippen LogP contribution in [0.15, 0.2) is 169 Å². The topological polar surface area (TPSA) is 47.0 Å². The van der Waals surface area contributed by atoms with Gasteiger partial charge >= 0.3 is 0 Å². The maximum absolute atomic E-state index is 5.97. The molecule has 1 saturated heterocycles. The van der Waals surface area contributed by atoms with E-state index in [0.29, 0.717) is 18.5 Å². The molecule has 6 aromatic rings. The molecule has 1 fully saturated rings. The van der Waals surface area contributed by atoms with E-state index >= 15 is 0 Å². The van der Waals surface area contributed by atoms with Crippen LogP contribution in [0.1, 0.15) is 34.7 Å². The molecule has 1 unspecified atom stereocenters. The maximum Gasteiger partial charge on any atom is 0.151 e. The lowest BCUT2D eigenvalue weighted by atomic mass is 9.75. The van der Waals surface area contributed by atoms with Crippen LogP contribution < -0.4 is 4.74 Å². The Bertz CT molecular complexity index is 1860. The highest BCUT2D eigenvalue weighted by Crippen LogP contribution is 2.46. The van der Waals surface area contributed by atoms with Crippen molar-refractivity contribution >= 4 is 17.5 Å². The van der Waals surface area contributed by atoms with Gasteiger partial charge in [0.15, 0.2) is 6.61 Å². The van der Waals surface area contributed by atoms with E-state index in [1.165, 1.54) is 22.3 Å². The number of pyridine rings is 1. The van der Waals surface area contributed by atoms with Gasteiger partial charge in [0.25, 0.3) is 0 Å². The highest BCUT2D eigenvalue weighted by atomic mass is 32.2. The van der Waals surface area contributed by atoms with Crippen LogP contribution >= 0.6 is 11.8 Å². The molecule has 0 radical (unpaired) electrons. The van der Waals surface area contributed by atoms with Gasteiger partial charge in [0.05, 0.1) is 16.9 Å². The average Bonchev–Trinajstić information content (AvgIpc) is 3.65. The van der Waals surface area contributed by atoms with Crippen molar-refractivity contribution in [2.75, 3.05) is 25.6 Å². The number of hydrogen-bond donors (Lipinski definition) is 0. The molecule has 0 saturated carbocycles. The van der Waals surface area contributed by atoms with Crippen LogP contribution in [0.2, 0.25) is 0 Å². The smallest absolute Gasteiger partial charge is 0.151 e. The zero-order chi connectivity index (χ0) is 34.0. The van der Waals surface area contributed by atoms with Crippen LogP contribution in [0.5, 0.6) is 5.75 Å². The van der Waals surface area contributed by atoms with E-state index in [1.807, 2.05) is 55.2 Å². The van der Waals surface area contributed by atoms with Crippen molar-refractivity contribution in [2.24, 2.45) is 5.16 Å². The van der Waals surface area contributed by atoms with Gasteiger partial charge in [0, 0.05) is 35.0 Å². The first-order valence-electron chi connectivity index (χ1n) is 17.1. The van der Waals surface area contributed by atoms with Gasteiger partial charge in [-0.2, -0.15) is 0 Å². The lowest BCUT2D eigenvalue weighted by molar-refractivity contribution is 0.107. The van der Waals surface area contributed by atoms with E-state index in [2.05, 4.69) is 142 Å². The van der Waals surface area contributed by atoms with Gasteiger partial charge in [-0.05, 0) is 59.9 Å². The monoisotopic (exact) mass is 675 g/mol. The predicted octanol–water partition coefficient (Wildman–Crippen LogP) is 9.48. The quantitative estimate of drug-likeness (QED) is 0.0528. The molecular weight excluding hydrogens is 635 g/mol. The van der Waals surface area contributed by atoms with Gasteiger partial charge in [-0.3, -0.25) is 9.88 Å². The molecule has 2 heterocycles. The summed E-state index contributed by atoms with van der Waals surface area (Å²) < 4.78 is 5.97. The molecule has 0 spiro atoms. The summed E-state index contributed by atoms with van der Waals surface area (Å²) in [5.74, 6) is 1.78. The summed E-state index contributed by atoms with van der Waals surface area (Å²) in [6, 6.07) is 55.6. The van der Waals surface area contributed by atoms with Crippen LogP contribution in [-0.4, -0.2) is 46.5 Å². The first-order valence-corrected chi connectivity index (χ1v) is 18.2. The van der Waals surface area contributed by atoms with E-state index in [1.54, 1.807) is 0 Å². The molecular formula is C44H41N3O2S. The minimum atomic E-state index is -0.377. The molecule has 1 aliphatic heterocycles. The molecule has 5 nitrogen and oxygen atoms in total. The molecule has 6 heteroatoms. The minimum absolute atomic E-state index is 0.356. The SMILES string of the molecule is CC(=NOCCOc1ccc(CC2CN(C(c3ccccc3)(c3ccccc3)c3ccccc3)CS2)cc1)c1ccc(-c2ccccc2)nc1. The molecule has 1 atom stereocenters. The zero-order valence-electron chi connectivity index (χ0n) is 28.3. The lowest BCUT2D eigenvalue weighted by Crippen LogP contribution is -2.47. The van der Waals surface area contributed by atoms with Crippen LogP contribution in [0.4, 0.5) is 0 Å². The van der Waals surface area contributed by atoms with Gasteiger partial charge in [-0.1, -0.05) is 139 Å². The maximum atomic E-state index is 5.97. The molecule has 0 aliphatic carbocycles. The van der Waals surface area contributed by atoms with Crippen molar-refractivity contribution in [2.45, 2.75) is 24.1 Å². The van der Waals surface area contributed by atoms with E-state index in [9.17, 15) is 0 Å². The second-order valence-corrected chi connectivity index (χ2v) is 13.7. The van der Waals surface area contributed by atoms with E-state index in [-0.39, 0.29) is 5.54 Å². The highest BCUT2D eigenvalue weighted by Gasteiger charge is 2.45.